The molecular weight excluding hydrogens is 234 g/mol. The first-order chi connectivity index (χ1) is 8.22. The lowest BCUT2D eigenvalue weighted by atomic mass is 10.0. The molecule has 0 N–H and O–H groups in total. The van der Waals surface area contributed by atoms with E-state index in [2.05, 4.69) is 6.07 Å². The van der Waals surface area contributed by atoms with Gasteiger partial charge in [0.2, 0.25) is 0 Å². The van der Waals surface area contributed by atoms with E-state index in [1.54, 1.807) is 13.2 Å². The molecule has 2 aromatic rings. The number of benzene rings is 2. The number of nitriles is 1. The van der Waals surface area contributed by atoms with E-state index >= 15 is 0 Å². The number of rotatable bonds is 2. The van der Waals surface area contributed by atoms with Gasteiger partial charge in [0, 0.05) is 5.02 Å². The number of ether oxygens (including phenoxy) is 1. The topological polar surface area (TPSA) is 33.0 Å². The van der Waals surface area contributed by atoms with Gasteiger partial charge in [0.05, 0.1) is 18.7 Å². The van der Waals surface area contributed by atoms with Gasteiger partial charge in [-0.25, -0.2) is 0 Å². The Bertz CT molecular complexity index is 587. The molecule has 0 saturated heterocycles. The van der Waals surface area contributed by atoms with Gasteiger partial charge in [0.25, 0.3) is 0 Å². The third-order valence-electron chi connectivity index (χ3n) is 2.43. The first kappa shape index (κ1) is 11.5. The minimum absolute atomic E-state index is 0.569. The minimum atomic E-state index is 0.569. The highest BCUT2D eigenvalue weighted by Crippen LogP contribution is 2.27. The highest BCUT2D eigenvalue weighted by molar-refractivity contribution is 6.30. The summed E-state index contributed by atoms with van der Waals surface area (Å²) in [5.74, 6) is 0.666. The second-order valence-electron chi connectivity index (χ2n) is 3.57. The van der Waals surface area contributed by atoms with Crippen molar-refractivity contribution < 1.29 is 4.74 Å². The molecule has 17 heavy (non-hydrogen) atoms. The fraction of sp³-hybridized carbons (Fsp3) is 0.0714. The Labute approximate surface area is 105 Å². The monoisotopic (exact) mass is 243 g/mol. The van der Waals surface area contributed by atoms with Gasteiger partial charge < -0.3 is 4.74 Å². The lowest BCUT2D eigenvalue weighted by molar-refractivity contribution is 0.415. The average molecular weight is 244 g/mol. The Morgan fingerprint density at radius 3 is 2.59 bits per heavy atom. The van der Waals surface area contributed by atoms with E-state index in [0.29, 0.717) is 16.3 Å². The number of halogens is 1. The van der Waals surface area contributed by atoms with Crippen LogP contribution in [0.25, 0.3) is 11.1 Å². The summed E-state index contributed by atoms with van der Waals surface area (Å²) < 4.78 is 5.16. The molecule has 0 aliphatic carbocycles. The highest BCUT2D eigenvalue weighted by Gasteiger charge is 2.04. The van der Waals surface area contributed by atoms with Crippen LogP contribution in [0.2, 0.25) is 5.02 Å². The number of nitrogens with zero attached hydrogens (tertiary/aromatic N) is 1. The van der Waals surface area contributed by atoms with Crippen molar-refractivity contribution in [3.63, 3.8) is 0 Å². The van der Waals surface area contributed by atoms with Crippen molar-refractivity contribution in [2.75, 3.05) is 7.11 Å². The predicted octanol–water partition coefficient (Wildman–Crippen LogP) is 3.89. The van der Waals surface area contributed by atoms with Crippen molar-refractivity contribution in [2.45, 2.75) is 0 Å². The van der Waals surface area contributed by atoms with Crippen molar-refractivity contribution in [1.82, 2.24) is 0 Å². The largest absolute Gasteiger partial charge is 0.497 e. The van der Waals surface area contributed by atoms with E-state index in [-0.39, 0.29) is 0 Å². The molecule has 0 aliphatic rings. The van der Waals surface area contributed by atoms with E-state index in [1.165, 1.54) is 0 Å². The number of methoxy groups -OCH3 is 1. The van der Waals surface area contributed by atoms with Crippen molar-refractivity contribution in [3.8, 4) is 22.9 Å². The predicted molar refractivity (Wildman–Crippen MR) is 68.2 cm³/mol. The third kappa shape index (κ3) is 2.58. The Morgan fingerprint density at radius 1 is 1.12 bits per heavy atom. The zero-order chi connectivity index (χ0) is 12.3. The Kier molecular flexibility index (Phi) is 3.32. The zero-order valence-electron chi connectivity index (χ0n) is 9.27. The molecule has 0 unspecified atom stereocenters. The van der Waals surface area contributed by atoms with Crippen LogP contribution in [-0.4, -0.2) is 7.11 Å². The van der Waals surface area contributed by atoms with Gasteiger partial charge in [0.15, 0.2) is 0 Å². The van der Waals surface area contributed by atoms with Crippen LogP contribution in [0.5, 0.6) is 5.75 Å². The molecule has 0 saturated carbocycles. The summed E-state index contributed by atoms with van der Waals surface area (Å²) in [6.07, 6.45) is 0. The zero-order valence-corrected chi connectivity index (χ0v) is 10.0. The minimum Gasteiger partial charge on any atom is -0.497 e. The molecule has 84 valence electrons. The van der Waals surface area contributed by atoms with Crippen LogP contribution in [0, 0.1) is 11.3 Å². The molecule has 0 bridgehead atoms. The maximum Gasteiger partial charge on any atom is 0.120 e. The summed E-state index contributed by atoms with van der Waals surface area (Å²) >= 11 is 5.95. The maximum atomic E-state index is 8.95. The van der Waals surface area contributed by atoms with Crippen molar-refractivity contribution in [1.29, 1.82) is 5.26 Å². The fourth-order valence-electron chi connectivity index (χ4n) is 1.62. The average Bonchev–Trinajstić information content (AvgIpc) is 2.38. The first-order valence-electron chi connectivity index (χ1n) is 5.08. The molecule has 2 rings (SSSR count). The van der Waals surface area contributed by atoms with Crippen LogP contribution in [0.15, 0.2) is 42.5 Å². The molecular formula is C14H10ClNO. The second kappa shape index (κ2) is 4.90. The summed E-state index contributed by atoms with van der Waals surface area (Å²) in [5, 5.41) is 9.62. The van der Waals surface area contributed by atoms with E-state index in [0.717, 1.165) is 11.1 Å². The van der Waals surface area contributed by atoms with Crippen molar-refractivity contribution in [3.05, 3.63) is 53.1 Å². The Balaban J connectivity index is 2.55. The van der Waals surface area contributed by atoms with Gasteiger partial charge in [-0.1, -0.05) is 23.7 Å². The molecule has 0 fully saturated rings. The summed E-state index contributed by atoms with van der Waals surface area (Å²) in [4.78, 5) is 0. The van der Waals surface area contributed by atoms with Gasteiger partial charge in [-0.2, -0.15) is 5.26 Å². The van der Waals surface area contributed by atoms with E-state index < -0.39 is 0 Å². The molecule has 0 aliphatic heterocycles. The van der Waals surface area contributed by atoms with Crippen LogP contribution in [0.4, 0.5) is 0 Å². The van der Waals surface area contributed by atoms with Crippen LogP contribution in [-0.2, 0) is 0 Å². The number of hydrogen-bond donors (Lipinski definition) is 0. The molecule has 2 nitrogen and oxygen atoms in total. The Hall–Kier alpha value is -1.98. The van der Waals surface area contributed by atoms with Gasteiger partial charge in [-0.3, -0.25) is 0 Å². The molecule has 0 spiro atoms. The summed E-state index contributed by atoms with van der Waals surface area (Å²) in [5.41, 5.74) is 2.45. The van der Waals surface area contributed by atoms with Crippen molar-refractivity contribution in [2.24, 2.45) is 0 Å². The molecule has 0 aromatic heterocycles. The molecule has 0 radical (unpaired) electrons. The fourth-order valence-corrected chi connectivity index (χ4v) is 1.81. The molecule has 3 heteroatoms. The van der Waals surface area contributed by atoms with Gasteiger partial charge >= 0.3 is 0 Å². The third-order valence-corrected chi connectivity index (χ3v) is 2.66. The number of hydrogen-bond acceptors (Lipinski definition) is 2. The lowest BCUT2D eigenvalue weighted by Gasteiger charge is -2.06. The van der Waals surface area contributed by atoms with E-state index in [9.17, 15) is 0 Å². The van der Waals surface area contributed by atoms with Crippen molar-refractivity contribution >= 4 is 11.6 Å². The maximum absolute atomic E-state index is 8.95. The smallest absolute Gasteiger partial charge is 0.120 e. The SMILES string of the molecule is COc1cc(C#N)cc(-c2cccc(Cl)c2)c1. The van der Waals surface area contributed by atoms with E-state index in [4.69, 9.17) is 21.6 Å². The molecule has 0 heterocycles. The van der Waals surface area contributed by atoms with Gasteiger partial charge in [0.1, 0.15) is 5.75 Å². The molecule has 0 atom stereocenters. The van der Waals surface area contributed by atoms with Crippen LogP contribution in [0.1, 0.15) is 5.56 Å². The van der Waals surface area contributed by atoms with Crippen LogP contribution in [0.3, 0.4) is 0 Å². The standard InChI is InChI=1S/C14H10ClNO/c1-17-14-6-10(9-16)5-12(8-14)11-3-2-4-13(15)7-11/h2-8H,1H3. The van der Waals surface area contributed by atoms with E-state index in [1.807, 2.05) is 36.4 Å². The lowest BCUT2D eigenvalue weighted by Crippen LogP contribution is -1.87. The molecule has 2 aromatic carbocycles. The molecule has 0 amide bonds. The van der Waals surface area contributed by atoms with Gasteiger partial charge in [-0.15, -0.1) is 0 Å². The summed E-state index contributed by atoms with van der Waals surface area (Å²) in [7, 11) is 1.58. The Morgan fingerprint density at radius 2 is 1.94 bits per heavy atom. The summed E-state index contributed by atoms with van der Waals surface area (Å²) in [6, 6.07) is 15.0. The summed E-state index contributed by atoms with van der Waals surface area (Å²) in [6.45, 7) is 0. The van der Waals surface area contributed by atoms with Gasteiger partial charge in [-0.05, 0) is 41.5 Å². The second-order valence-corrected chi connectivity index (χ2v) is 4.01. The van der Waals surface area contributed by atoms with Crippen LogP contribution >= 0.6 is 11.6 Å². The highest BCUT2D eigenvalue weighted by atomic mass is 35.5. The van der Waals surface area contributed by atoms with Crippen LogP contribution < -0.4 is 4.74 Å². The normalized spacial score (nSPS) is 9.71. The quantitative estimate of drug-likeness (QED) is 0.802. The first-order valence-corrected chi connectivity index (χ1v) is 5.46.